The Balaban J connectivity index is 1.80. The van der Waals surface area contributed by atoms with E-state index in [0.29, 0.717) is 32.6 Å². The van der Waals surface area contributed by atoms with Gasteiger partial charge in [0.2, 0.25) is 0 Å². The summed E-state index contributed by atoms with van der Waals surface area (Å²) in [6.07, 6.45) is 2.02. The van der Waals surface area contributed by atoms with Crippen LogP contribution >= 0.6 is 0 Å². The zero-order valence-electron chi connectivity index (χ0n) is 14.4. The largest absolute Gasteiger partial charge is 0.444 e. The molecule has 0 radical (unpaired) electrons. The third kappa shape index (κ3) is 3.29. The van der Waals surface area contributed by atoms with Gasteiger partial charge in [0.25, 0.3) is 0 Å². The summed E-state index contributed by atoms with van der Waals surface area (Å²) in [6, 6.07) is 5.67. The van der Waals surface area contributed by atoms with E-state index in [2.05, 4.69) is 10.3 Å². The fourth-order valence-corrected chi connectivity index (χ4v) is 3.32. The quantitative estimate of drug-likeness (QED) is 0.893. The van der Waals surface area contributed by atoms with Crippen LogP contribution in [0.5, 0.6) is 0 Å². The van der Waals surface area contributed by atoms with Crippen molar-refractivity contribution in [1.29, 1.82) is 0 Å². The number of hydrogen-bond acceptors (Lipinski definition) is 4. The molecule has 2 fully saturated rings. The minimum atomic E-state index is -0.536. The second-order valence-electron chi connectivity index (χ2n) is 7.43. The first-order valence-corrected chi connectivity index (χ1v) is 8.22. The summed E-state index contributed by atoms with van der Waals surface area (Å²) >= 11 is 0. The maximum Gasteiger partial charge on any atom is 0.410 e. The summed E-state index contributed by atoms with van der Waals surface area (Å²) in [5.74, 6) is 0. The Bertz CT molecular complexity index is 628. The van der Waals surface area contributed by atoms with Crippen LogP contribution in [0.3, 0.4) is 0 Å². The van der Waals surface area contributed by atoms with Crippen LogP contribution < -0.4 is 5.32 Å². The number of carbonyl (C=O) groups is 2. The molecule has 0 spiro atoms. The first-order chi connectivity index (χ1) is 11.3. The van der Waals surface area contributed by atoms with Gasteiger partial charge in [-0.15, -0.1) is 0 Å². The number of nitrogens with zero attached hydrogens (tertiary/aromatic N) is 3. The molecule has 7 heteroatoms. The van der Waals surface area contributed by atoms with Gasteiger partial charge in [0.05, 0.1) is 5.54 Å². The van der Waals surface area contributed by atoms with E-state index in [1.54, 1.807) is 11.1 Å². The van der Waals surface area contributed by atoms with E-state index >= 15 is 0 Å². The van der Waals surface area contributed by atoms with Crippen molar-refractivity contribution in [1.82, 2.24) is 20.1 Å². The first-order valence-electron chi connectivity index (χ1n) is 8.22. The Morgan fingerprint density at radius 1 is 1.38 bits per heavy atom. The topological polar surface area (TPSA) is 74.8 Å². The highest BCUT2D eigenvalue weighted by Gasteiger charge is 2.50. The van der Waals surface area contributed by atoms with Gasteiger partial charge in [-0.25, -0.2) is 9.59 Å². The van der Waals surface area contributed by atoms with Crippen molar-refractivity contribution in [2.24, 2.45) is 0 Å². The Morgan fingerprint density at radius 3 is 2.83 bits per heavy atom. The van der Waals surface area contributed by atoms with Crippen molar-refractivity contribution in [3.8, 4) is 0 Å². The molecule has 24 heavy (non-hydrogen) atoms. The SMILES string of the molecule is CC(C)(C)OC(=O)N1CCN2C(=O)NCC2(Cc2ccccn2)C1. The summed E-state index contributed by atoms with van der Waals surface area (Å²) in [5.41, 5.74) is -0.0998. The Labute approximate surface area is 142 Å². The van der Waals surface area contributed by atoms with Crippen LogP contribution in [0.1, 0.15) is 26.5 Å². The van der Waals surface area contributed by atoms with E-state index in [-0.39, 0.29) is 12.1 Å². The van der Waals surface area contributed by atoms with Crippen LogP contribution in [-0.4, -0.2) is 64.2 Å². The van der Waals surface area contributed by atoms with Crippen LogP contribution in [0.25, 0.3) is 0 Å². The molecule has 3 rings (SSSR count). The van der Waals surface area contributed by atoms with Crippen molar-refractivity contribution in [2.75, 3.05) is 26.2 Å². The molecular formula is C17H24N4O3. The number of fused-ring (bicyclic) bond motifs is 1. The molecular weight excluding hydrogens is 308 g/mol. The number of piperazine rings is 1. The molecule has 0 bridgehead atoms. The minimum absolute atomic E-state index is 0.0743. The van der Waals surface area contributed by atoms with Crippen molar-refractivity contribution in [2.45, 2.75) is 38.3 Å². The Morgan fingerprint density at radius 2 is 2.17 bits per heavy atom. The maximum absolute atomic E-state index is 12.4. The average Bonchev–Trinajstić information content (AvgIpc) is 2.83. The molecule has 1 aromatic heterocycles. The lowest BCUT2D eigenvalue weighted by molar-refractivity contribution is -0.00287. The maximum atomic E-state index is 12.4. The van der Waals surface area contributed by atoms with E-state index in [1.807, 2.05) is 43.9 Å². The number of carbonyl (C=O) groups excluding carboxylic acids is 2. The number of ether oxygens (including phenoxy) is 1. The minimum Gasteiger partial charge on any atom is -0.444 e. The number of hydrogen-bond donors (Lipinski definition) is 1. The number of pyridine rings is 1. The molecule has 0 saturated carbocycles. The zero-order chi connectivity index (χ0) is 17.4. The number of urea groups is 1. The number of aromatic nitrogens is 1. The summed E-state index contributed by atoms with van der Waals surface area (Å²) in [6.45, 7) is 7.48. The zero-order valence-corrected chi connectivity index (χ0v) is 14.4. The van der Waals surface area contributed by atoms with Gasteiger partial charge in [-0.3, -0.25) is 4.98 Å². The fraction of sp³-hybridized carbons (Fsp3) is 0.588. The van der Waals surface area contributed by atoms with Gasteiger partial charge >= 0.3 is 12.1 Å². The highest BCUT2D eigenvalue weighted by atomic mass is 16.6. The predicted molar refractivity (Wildman–Crippen MR) is 88.6 cm³/mol. The highest BCUT2D eigenvalue weighted by Crippen LogP contribution is 2.30. The second-order valence-corrected chi connectivity index (χ2v) is 7.43. The van der Waals surface area contributed by atoms with Gasteiger partial charge in [-0.1, -0.05) is 6.07 Å². The number of nitrogens with one attached hydrogen (secondary N) is 1. The van der Waals surface area contributed by atoms with E-state index in [4.69, 9.17) is 4.74 Å². The van der Waals surface area contributed by atoms with Crippen molar-refractivity contribution in [3.63, 3.8) is 0 Å². The number of amides is 3. The molecule has 2 aliphatic heterocycles. The van der Waals surface area contributed by atoms with E-state index in [0.717, 1.165) is 5.69 Å². The molecule has 1 atom stereocenters. The van der Waals surface area contributed by atoms with Gasteiger partial charge in [-0.2, -0.15) is 0 Å². The van der Waals surface area contributed by atoms with Gasteiger partial charge in [0, 0.05) is 44.5 Å². The van der Waals surface area contributed by atoms with E-state index in [1.165, 1.54) is 0 Å². The molecule has 1 aromatic rings. The van der Waals surface area contributed by atoms with E-state index < -0.39 is 11.1 Å². The smallest absolute Gasteiger partial charge is 0.410 e. The van der Waals surface area contributed by atoms with E-state index in [9.17, 15) is 9.59 Å². The monoisotopic (exact) mass is 332 g/mol. The first kappa shape index (κ1) is 16.5. The molecule has 0 aliphatic carbocycles. The van der Waals surface area contributed by atoms with Crippen molar-refractivity contribution < 1.29 is 14.3 Å². The van der Waals surface area contributed by atoms with Crippen LogP contribution in [0, 0.1) is 0 Å². The van der Waals surface area contributed by atoms with Crippen LogP contribution in [0.2, 0.25) is 0 Å². The molecule has 2 saturated heterocycles. The lowest BCUT2D eigenvalue weighted by atomic mass is 9.89. The molecule has 2 aliphatic rings. The fourth-order valence-electron chi connectivity index (χ4n) is 3.32. The summed E-state index contributed by atoms with van der Waals surface area (Å²) in [5, 5.41) is 2.91. The summed E-state index contributed by atoms with van der Waals surface area (Å²) < 4.78 is 5.50. The summed E-state index contributed by atoms with van der Waals surface area (Å²) in [4.78, 5) is 32.5. The lowest BCUT2D eigenvalue weighted by Gasteiger charge is -2.45. The second kappa shape index (κ2) is 5.96. The van der Waals surface area contributed by atoms with Gasteiger partial charge in [0.1, 0.15) is 5.60 Å². The molecule has 7 nitrogen and oxygen atoms in total. The molecule has 0 aromatic carbocycles. The highest BCUT2D eigenvalue weighted by molar-refractivity contribution is 5.79. The van der Waals surface area contributed by atoms with Crippen molar-refractivity contribution in [3.05, 3.63) is 30.1 Å². The van der Waals surface area contributed by atoms with Crippen LogP contribution in [-0.2, 0) is 11.2 Å². The van der Waals surface area contributed by atoms with Crippen molar-refractivity contribution >= 4 is 12.1 Å². The normalized spacial score (nSPS) is 23.7. The molecule has 1 N–H and O–H groups in total. The molecule has 3 amide bonds. The average molecular weight is 332 g/mol. The molecule has 3 heterocycles. The standard InChI is InChI=1S/C17H24N4O3/c1-16(2,3)24-15(23)20-8-9-21-14(22)19-11-17(21,12-20)10-13-6-4-5-7-18-13/h4-7H,8-12H2,1-3H3,(H,19,22). The Hall–Kier alpha value is -2.31. The van der Waals surface area contributed by atoms with Crippen LogP contribution in [0.15, 0.2) is 24.4 Å². The third-order valence-corrected chi connectivity index (χ3v) is 4.35. The van der Waals surface area contributed by atoms with Gasteiger partial charge < -0.3 is 19.9 Å². The third-order valence-electron chi connectivity index (χ3n) is 4.35. The molecule has 1 unspecified atom stereocenters. The predicted octanol–water partition coefficient (Wildman–Crippen LogP) is 1.64. The molecule has 130 valence electrons. The number of rotatable bonds is 2. The Kier molecular flexibility index (Phi) is 4.11. The van der Waals surface area contributed by atoms with Gasteiger partial charge in [0.15, 0.2) is 0 Å². The van der Waals surface area contributed by atoms with Gasteiger partial charge in [-0.05, 0) is 32.9 Å². The summed E-state index contributed by atoms with van der Waals surface area (Å²) in [7, 11) is 0. The lowest BCUT2D eigenvalue weighted by Crippen LogP contribution is -2.63. The van der Waals surface area contributed by atoms with Crippen LogP contribution in [0.4, 0.5) is 9.59 Å².